The van der Waals surface area contributed by atoms with Crippen molar-refractivity contribution in [3.8, 4) is 10.4 Å². The zero-order chi connectivity index (χ0) is 21.4. The van der Waals surface area contributed by atoms with Crippen LogP contribution < -0.4 is 10.6 Å². The fourth-order valence-corrected chi connectivity index (χ4v) is 4.75. The lowest BCUT2D eigenvalue weighted by atomic mass is 10.1. The molecule has 1 fully saturated rings. The molecule has 1 aliphatic rings. The molecule has 0 atom stereocenters. The Kier molecular flexibility index (Phi) is 4.95. The summed E-state index contributed by atoms with van der Waals surface area (Å²) >= 11 is 1.50. The van der Waals surface area contributed by atoms with E-state index in [1.807, 2.05) is 11.0 Å². The zero-order valence-corrected chi connectivity index (χ0v) is 17.3. The molecule has 31 heavy (non-hydrogen) atoms. The molecule has 5 rings (SSSR count). The van der Waals surface area contributed by atoms with Crippen LogP contribution in [0.4, 0.5) is 16.2 Å². The number of halogens is 1. The van der Waals surface area contributed by atoms with Crippen LogP contribution in [0.5, 0.6) is 0 Å². The van der Waals surface area contributed by atoms with Crippen LogP contribution in [0, 0.1) is 5.82 Å². The Bertz CT molecular complexity index is 1240. The monoisotopic (exact) mass is 434 g/mol. The number of carbonyl (C=O) groups is 1. The van der Waals surface area contributed by atoms with E-state index in [1.165, 1.54) is 23.5 Å². The number of carbonyl (C=O) groups excluding carboxylic acids is 1. The van der Waals surface area contributed by atoms with Gasteiger partial charge in [0, 0.05) is 43.4 Å². The highest BCUT2D eigenvalue weighted by Crippen LogP contribution is 2.37. The number of aromatic nitrogens is 3. The highest BCUT2D eigenvalue weighted by atomic mass is 32.1. The fraction of sp³-hybridized carbons (Fsp3) is 0.182. The first-order valence-electron chi connectivity index (χ1n) is 9.86. The molecule has 0 unspecified atom stereocenters. The van der Waals surface area contributed by atoms with E-state index in [0.29, 0.717) is 31.7 Å². The van der Waals surface area contributed by atoms with Gasteiger partial charge in [0.1, 0.15) is 16.5 Å². The van der Waals surface area contributed by atoms with Crippen LogP contribution in [0.3, 0.4) is 0 Å². The number of benzene rings is 1. The molecule has 4 heterocycles. The Morgan fingerprint density at radius 1 is 1.06 bits per heavy atom. The van der Waals surface area contributed by atoms with Gasteiger partial charge in [0.15, 0.2) is 0 Å². The quantitative estimate of drug-likeness (QED) is 0.531. The number of nitrogens with zero attached hydrogens (tertiary/aromatic N) is 5. The Hall–Kier alpha value is -3.59. The average molecular weight is 435 g/mol. The van der Waals surface area contributed by atoms with E-state index in [1.54, 1.807) is 36.7 Å². The smallest absolute Gasteiger partial charge is 0.255 e. The number of rotatable bonds is 3. The minimum absolute atomic E-state index is 0.0192. The molecule has 9 heteroatoms. The number of anilines is 2. The van der Waals surface area contributed by atoms with Crippen molar-refractivity contribution in [3.63, 3.8) is 0 Å². The second kappa shape index (κ2) is 7.92. The lowest BCUT2D eigenvalue weighted by molar-refractivity contribution is 0.0746. The van der Waals surface area contributed by atoms with Crippen molar-refractivity contribution < 1.29 is 9.18 Å². The summed E-state index contributed by atoms with van der Waals surface area (Å²) < 4.78 is 13.3. The van der Waals surface area contributed by atoms with Crippen LogP contribution in [0.25, 0.3) is 20.7 Å². The third-order valence-electron chi connectivity index (χ3n) is 5.29. The van der Waals surface area contributed by atoms with Gasteiger partial charge in [-0.05, 0) is 35.9 Å². The van der Waals surface area contributed by atoms with Crippen molar-refractivity contribution in [2.24, 2.45) is 0 Å². The SMILES string of the molecule is Nc1nc(N2CCN(C(=O)c3cccnc3)CC2)c2cc(-c3ccc(F)cc3)sc2n1. The van der Waals surface area contributed by atoms with E-state index >= 15 is 0 Å². The van der Waals surface area contributed by atoms with Gasteiger partial charge in [-0.2, -0.15) is 4.98 Å². The number of amides is 1. The molecule has 7 nitrogen and oxygen atoms in total. The Morgan fingerprint density at radius 3 is 2.55 bits per heavy atom. The van der Waals surface area contributed by atoms with Crippen molar-refractivity contribution in [2.75, 3.05) is 36.8 Å². The number of hydrogen-bond acceptors (Lipinski definition) is 7. The van der Waals surface area contributed by atoms with E-state index < -0.39 is 0 Å². The number of thiophene rings is 1. The van der Waals surface area contributed by atoms with Gasteiger partial charge in [-0.25, -0.2) is 9.37 Å². The number of fused-ring (bicyclic) bond motifs is 1. The van der Waals surface area contributed by atoms with Gasteiger partial charge >= 0.3 is 0 Å². The predicted octanol–water partition coefficient (Wildman–Crippen LogP) is 3.44. The second-order valence-electron chi connectivity index (χ2n) is 7.26. The summed E-state index contributed by atoms with van der Waals surface area (Å²) in [5.41, 5.74) is 7.49. The van der Waals surface area contributed by atoms with Gasteiger partial charge in [0.25, 0.3) is 5.91 Å². The standard InChI is InChI=1S/C22H19FN6OS/c23-16-5-3-14(4-6-16)18-12-17-19(26-22(24)27-20(17)31-18)28-8-10-29(11-9-28)21(30)15-2-1-7-25-13-15/h1-7,12-13H,8-11H2,(H2,24,26,27). The largest absolute Gasteiger partial charge is 0.368 e. The number of nitrogens with two attached hydrogens (primary N) is 1. The molecule has 3 aromatic heterocycles. The molecule has 1 aliphatic heterocycles. The maximum atomic E-state index is 13.3. The topological polar surface area (TPSA) is 88.2 Å². The normalized spacial score (nSPS) is 14.2. The van der Waals surface area contributed by atoms with Crippen LogP contribution >= 0.6 is 11.3 Å². The predicted molar refractivity (Wildman–Crippen MR) is 120 cm³/mol. The molecular weight excluding hydrogens is 415 g/mol. The Morgan fingerprint density at radius 2 is 1.84 bits per heavy atom. The fourth-order valence-electron chi connectivity index (χ4n) is 3.71. The summed E-state index contributed by atoms with van der Waals surface area (Å²) in [5.74, 6) is 0.687. The van der Waals surface area contributed by atoms with Gasteiger partial charge in [0.2, 0.25) is 5.95 Å². The molecule has 1 aromatic carbocycles. The maximum Gasteiger partial charge on any atom is 0.255 e. The van der Waals surface area contributed by atoms with Crippen LogP contribution in [0.15, 0.2) is 54.9 Å². The van der Waals surface area contributed by atoms with Gasteiger partial charge < -0.3 is 15.5 Å². The maximum absolute atomic E-state index is 13.3. The summed E-state index contributed by atoms with van der Waals surface area (Å²) in [6.45, 7) is 2.43. The molecule has 1 amide bonds. The van der Waals surface area contributed by atoms with E-state index in [4.69, 9.17) is 5.73 Å². The molecule has 4 aromatic rings. The lowest BCUT2D eigenvalue weighted by Gasteiger charge is -2.35. The van der Waals surface area contributed by atoms with E-state index in [2.05, 4.69) is 19.9 Å². The molecule has 0 aliphatic carbocycles. The highest BCUT2D eigenvalue weighted by Gasteiger charge is 2.25. The summed E-state index contributed by atoms with van der Waals surface area (Å²) in [6, 6.07) is 11.9. The van der Waals surface area contributed by atoms with Gasteiger partial charge in [-0.15, -0.1) is 11.3 Å². The third kappa shape index (κ3) is 3.79. The summed E-state index contributed by atoms with van der Waals surface area (Å²) in [6.07, 6.45) is 3.24. The van der Waals surface area contributed by atoms with Crippen molar-refractivity contribution >= 4 is 39.2 Å². The minimum Gasteiger partial charge on any atom is -0.368 e. The molecule has 0 saturated carbocycles. The lowest BCUT2D eigenvalue weighted by Crippen LogP contribution is -2.49. The first-order valence-corrected chi connectivity index (χ1v) is 10.7. The minimum atomic E-state index is -0.270. The van der Waals surface area contributed by atoms with Crippen molar-refractivity contribution in [1.82, 2.24) is 19.9 Å². The molecule has 156 valence electrons. The van der Waals surface area contributed by atoms with Crippen LogP contribution in [0.1, 0.15) is 10.4 Å². The van der Waals surface area contributed by atoms with Crippen molar-refractivity contribution in [1.29, 1.82) is 0 Å². The van der Waals surface area contributed by atoms with E-state index in [9.17, 15) is 9.18 Å². The molecule has 2 N–H and O–H groups in total. The van der Waals surface area contributed by atoms with Crippen molar-refractivity contribution in [2.45, 2.75) is 0 Å². The van der Waals surface area contributed by atoms with Gasteiger partial charge in [-0.3, -0.25) is 9.78 Å². The van der Waals surface area contributed by atoms with Crippen LogP contribution in [0.2, 0.25) is 0 Å². The Labute approximate surface area is 182 Å². The third-order valence-corrected chi connectivity index (χ3v) is 6.37. The summed E-state index contributed by atoms with van der Waals surface area (Å²) in [5, 5.41) is 0.908. The highest BCUT2D eigenvalue weighted by molar-refractivity contribution is 7.22. The number of hydrogen-bond donors (Lipinski definition) is 1. The van der Waals surface area contributed by atoms with E-state index in [0.717, 1.165) is 26.5 Å². The molecular formula is C22H19FN6OS. The van der Waals surface area contributed by atoms with E-state index in [-0.39, 0.29) is 17.7 Å². The molecule has 0 spiro atoms. The van der Waals surface area contributed by atoms with Crippen molar-refractivity contribution in [3.05, 3.63) is 66.2 Å². The first kappa shape index (κ1) is 19.4. The Balaban J connectivity index is 1.40. The number of nitrogen functional groups attached to an aromatic ring is 1. The molecule has 1 saturated heterocycles. The van der Waals surface area contributed by atoms with Crippen LogP contribution in [-0.2, 0) is 0 Å². The average Bonchev–Trinajstić information content (AvgIpc) is 3.23. The van der Waals surface area contributed by atoms with Gasteiger partial charge in [0.05, 0.1) is 10.9 Å². The van der Waals surface area contributed by atoms with Crippen LogP contribution in [-0.4, -0.2) is 51.9 Å². The second-order valence-corrected chi connectivity index (χ2v) is 8.29. The summed E-state index contributed by atoms with van der Waals surface area (Å²) in [7, 11) is 0. The zero-order valence-electron chi connectivity index (χ0n) is 16.5. The number of piperazine rings is 1. The molecule has 0 bridgehead atoms. The first-order chi connectivity index (χ1) is 15.1. The van der Waals surface area contributed by atoms with Gasteiger partial charge in [-0.1, -0.05) is 12.1 Å². The summed E-state index contributed by atoms with van der Waals surface area (Å²) in [4.78, 5) is 31.3. The molecule has 0 radical (unpaired) electrons. The number of pyridine rings is 1.